The van der Waals surface area contributed by atoms with Gasteiger partial charge >= 0.3 is 5.97 Å². The fourth-order valence-electron chi connectivity index (χ4n) is 2.78. The van der Waals surface area contributed by atoms with E-state index < -0.39 is 17.8 Å². The predicted octanol–water partition coefficient (Wildman–Crippen LogP) is 2.97. The number of rotatable bonds is 5. The number of nitrogens with one attached hydrogen (secondary N) is 1. The van der Waals surface area contributed by atoms with E-state index in [2.05, 4.69) is 5.32 Å². The summed E-state index contributed by atoms with van der Waals surface area (Å²) in [6, 6.07) is 8.40. The highest BCUT2D eigenvalue weighted by Crippen LogP contribution is 2.36. The molecule has 0 saturated carbocycles. The minimum absolute atomic E-state index is 0.0157. The zero-order chi connectivity index (χ0) is 22.0. The lowest BCUT2D eigenvalue weighted by atomic mass is 10.1. The van der Waals surface area contributed by atoms with E-state index in [1.54, 1.807) is 6.92 Å². The van der Waals surface area contributed by atoms with Crippen LogP contribution in [-0.4, -0.2) is 39.7 Å². The van der Waals surface area contributed by atoms with Gasteiger partial charge in [0, 0.05) is 0 Å². The summed E-state index contributed by atoms with van der Waals surface area (Å²) in [7, 11) is 0. The second kappa shape index (κ2) is 8.52. The van der Waals surface area contributed by atoms with Crippen LogP contribution in [0.4, 0.5) is 5.69 Å². The SMILES string of the molecule is CCOc1cc(C=C2C(=O)NC(=S)N(c3cccc(C(=O)O)c3)C2=O)cc(Cl)c1O. The predicted molar refractivity (Wildman–Crippen MR) is 114 cm³/mol. The molecule has 3 rings (SSSR count). The Morgan fingerprint density at radius 3 is 2.70 bits per heavy atom. The molecule has 1 saturated heterocycles. The number of aromatic hydroxyl groups is 1. The van der Waals surface area contributed by atoms with Crippen LogP contribution < -0.4 is 15.0 Å². The van der Waals surface area contributed by atoms with Crippen LogP contribution >= 0.6 is 23.8 Å². The molecule has 2 aromatic carbocycles. The lowest BCUT2D eigenvalue weighted by Gasteiger charge is -2.29. The summed E-state index contributed by atoms with van der Waals surface area (Å²) in [5.74, 6) is -2.80. The third-order valence-electron chi connectivity index (χ3n) is 4.11. The molecule has 8 nitrogen and oxygen atoms in total. The van der Waals surface area contributed by atoms with Crippen molar-refractivity contribution in [3.63, 3.8) is 0 Å². The highest BCUT2D eigenvalue weighted by molar-refractivity contribution is 7.80. The van der Waals surface area contributed by atoms with Gasteiger partial charge in [0.15, 0.2) is 16.6 Å². The Morgan fingerprint density at radius 2 is 2.03 bits per heavy atom. The molecule has 30 heavy (non-hydrogen) atoms. The van der Waals surface area contributed by atoms with Gasteiger partial charge in [0.05, 0.1) is 22.9 Å². The summed E-state index contributed by atoms with van der Waals surface area (Å²) < 4.78 is 5.31. The van der Waals surface area contributed by atoms with E-state index in [1.807, 2.05) is 0 Å². The Labute approximate surface area is 181 Å². The molecule has 1 aliphatic heterocycles. The van der Waals surface area contributed by atoms with Crippen LogP contribution in [0.15, 0.2) is 42.0 Å². The third kappa shape index (κ3) is 4.12. The fourth-order valence-corrected chi connectivity index (χ4v) is 3.28. The molecule has 1 fully saturated rings. The molecule has 0 atom stereocenters. The van der Waals surface area contributed by atoms with Gasteiger partial charge in [-0.15, -0.1) is 0 Å². The number of carboxylic acids is 1. The monoisotopic (exact) mass is 446 g/mol. The van der Waals surface area contributed by atoms with Crippen molar-refractivity contribution in [2.24, 2.45) is 0 Å². The number of phenolic OH excluding ortho intramolecular Hbond substituents is 1. The van der Waals surface area contributed by atoms with E-state index in [0.29, 0.717) is 5.56 Å². The maximum Gasteiger partial charge on any atom is 0.335 e. The molecule has 2 amide bonds. The van der Waals surface area contributed by atoms with Crippen molar-refractivity contribution in [3.05, 3.63) is 58.1 Å². The second-order valence-corrected chi connectivity index (χ2v) is 6.89. The number of hydrogen-bond acceptors (Lipinski definition) is 6. The number of thiocarbonyl (C=S) groups is 1. The maximum absolute atomic E-state index is 13.0. The van der Waals surface area contributed by atoms with E-state index in [9.17, 15) is 24.6 Å². The number of carbonyl (C=O) groups is 3. The second-order valence-electron chi connectivity index (χ2n) is 6.10. The molecule has 1 heterocycles. The van der Waals surface area contributed by atoms with Gasteiger partial charge in [-0.05, 0) is 61.1 Å². The maximum atomic E-state index is 13.0. The van der Waals surface area contributed by atoms with Crippen molar-refractivity contribution in [1.82, 2.24) is 5.32 Å². The quantitative estimate of drug-likeness (QED) is 0.367. The van der Waals surface area contributed by atoms with Crippen molar-refractivity contribution < 1.29 is 29.3 Å². The lowest BCUT2D eigenvalue weighted by molar-refractivity contribution is -0.122. The number of ether oxygens (including phenoxy) is 1. The number of phenols is 1. The summed E-state index contributed by atoms with van der Waals surface area (Å²) >= 11 is 11.1. The van der Waals surface area contributed by atoms with Gasteiger partial charge in [-0.1, -0.05) is 17.7 Å². The minimum Gasteiger partial charge on any atom is -0.503 e. The van der Waals surface area contributed by atoms with Crippen molar-refractivity contribution in [3.8, 4) is 11.5 Å². The number of halogens is 1. The molecule has 0 aromatic heterocycles. The number of anilines is 1. The van der Waals surface area contributed by atoms with Crippen LogP contribution in [0.5, 0.6) is 11.5 Å². The molecular formula is C20H15ClN2O6S. The summed E-state index contributed by atoms with van der Waals surface area (Å²) in [5, 5.41) is 21.4. The molecule has 3 N–H and O–H groups in total. The van der Waals surface area contributed by atoms with Crippen LogP contribution in [0.25, 0.3) is 6.08 Å². The summed E-state index contributed by atoms with van der Waals surface area (Å²) in [6.07, 6.45) is 1.28. The molecule has 0 radical (unpaired) electrons. The van der Waals surface area contributed by atoms with E-state index >= 15 is 0 Å². The van der Waals surface area contributed by atoms with E-state index in [0.717, 1.165) is 4.90 Å². The first-order valence-corrected chi connectivity index (χ1v) is 9.41. The smallest absolute Gasteiger partial charge is 0.335 e. The van der Waals surface area contributed by atoms with Crippen molar-refractivity contribution in [2.45, 2.75) is 6.92 Å². The Morgan fingerprint density at radius 1 is 1.30 bits per heavy atom. The van der Waals surface area contributed by atoms with Gasteiger partial charge in [-0.25, -0.2) is 4.79 Å². The Hall–Kier alpha value is -3.43. The largest absolute Gasteiger partial charge is 0.503 e. The Bertz CT molecular complexity index is 1110. The number of amides is 2. The van der Waals surface area contributed by atoms with Crippen LogP contribution in [-0.2, 0) is 9.59 Å². The normalized spacial score (nSPS) is 15.3. The number of aromatic carboxylic acids is 1. The van der Waals surface area contributed by atoms with Crippen molar-refractivity contribution in [1.29, 1.82) is 0 Å². The Balaban J connectivity index is 2.05. The number of hydrogen-bond donors (Lipinski definition) is 3. The van der Waals surface area contributed by atoms with E-state index in [1.165, 1.54) is 42.5 Å². The summed E-state index contributed by atoms with van der Waals surface area (Å²) in [4.78, 5) is 37.7. The third-order valence-corrected chi connectivity index (χ3v) is 4.69. The minimum atomic E-state index is -1.17. The van der Waals surface area contributed by atoms with Crippen LogP contribution in [0, 0.1) is 0 Å². The van der Waals surface area contributed by atoms with Gasteiger partial charge in [-0.3, -0.25) is 19.8 Å². The molecule has 0 aliphatic carbocycles. The molecule has 2 aromatic rings. The van der Waals surface area contributed by atoms with Crippen molar-refractivity contribution >= 4 is 58.5 Å². The number of nitrogens with zero attached hydrogens (tertiary/aromatic N) is 1. The zero-order valence-electron chi connectivity index (χ0n) is 15.5. The Kier molecular flexibility index (Phi) is 6.04. The number of carboxylic acid groups (broad SMARTS) is 1. The van der Waals surface area contributed by atoms with Gasteiger partial charge < -0.3 is 14.9 Å². The first kappa shape index (κ1) is 21.3. The molecule has 154 valence electrons. The first-order valence-electron chi connectivity index (χ1n) is 8.63. The average Bonchev–Trinajstić information content (AvgIpc) is 2.69. The lowest BCUT2D eigenvalue weighted by Crippen LogP contribution is -2.54. The fraction of sp³-hybridized carbons (Fsp3) is 0.100. The van der Waals surface area contributed by atoms with E-state index in [-0.39, 0.29) is 45.1 Å². The summed E-state index contributed by atoms with van der Waals surface area (Å²) in [6.45, 7) is 1.99. The average molecular weight is 447 g/mol. The van der Waals surface area contributed by atoms with Gasteiger partial charge in [0.1, 0.15) is 5.57 Å². The highest BCUT2D eigenvalue weighted by Gasteiger charge is 2.34. The molecule has 0 unspecified atom stereocenters. The van der Waals surface area contributed by atoms with Crippen LogP contribution in [0.1, 0.15) is 22.8 Å². The van der Waals surface area contributed by atoms with Crippen molar-refractivity contribution in [2.75, 3.05) is 11.5 Å². The first-order chi connectivity index (χ1) is 14.2. The van der Waals surface area contributed by atoms with Gasteiger partial charge in [0.2, 0.25) is 0 Å². The zero-order valence-corrected chi connectivity index (χ0v) is 17.1. The topological polar surface area (TPSA) is 116 Å². The molecule has 0 bridgehead atoms. The molecule has 10 heteroatoms. The van der Waals surface area contributed by atoms with Gasteiger partial charge in [-0.2, -0.15) is 0 Å². The molecule has 1 aliphatic rings. The van der Waals surface area contributed by atoms with E-state index in [4.69, 9.17) is 28.6 Å². The molecule has 0 spiro atoms. The van der Waals surface area contributed by atoms with Crippen LogP contribution in [0.2, 0.25) is 5.02 Å². The van der Waals surface area contributed by atoms with Gasteiger partial charge in [0.25, 0.3) is 11.8 Å². The summed E-state index contributed by atoms with van der Waals surface area (Å²) in [5.41, 5.74) is 0.229. The number of carbonyl (C=O) groups excluding carboxylic acids is 2. The number of benzene rings is 2. The van der Waals surface area contributed by atoms with Crippen LogP contribution in [0.3, 0.4) is 0 Å². The standard InChI is InChI=1S/C20H15ClN2O6S/c1-2-29-15-8-10(7-14(21)16(15)24)6-13-17(25)22-20(30)23(18(13)26)12-5-3-4-11(9-12)19(27)28/h3-9,24H,2H2,1H3,(H,27,28)(H,22,25,30). The highest BCUT2D eigenvalue weighted by atomic mass is 35.5. The molecular weight excluding hydrogens is 432 g/mol.